The predicted octanol–water partition coefficient (Wildman–Crippen LogP) is 1.88. The van der Waals surface area contributed by atoms with E-state index in [1.165, 1.54) is 0 Å². The molecule has 0 spiro atoms. The van der Waals surface area contributed by atoms with Crippen LogP contribution in [-0.4, -0.2) is 25.4 Å². The molecule has 0 N–H and O–H groups in total. The van der Waals surface area contributed by atoms with Crippen molar-refractivity contribution in [3.05, 3.63) is 0 Å². The van der Waals surface area contributed by atoms with Crippen LogP contribution < -0.4 is 0 Å². The number of hydrogen-bond donors (Lipinski definition) is 0. The van der Waals surface area contributed by atoms with E-state index in [-0.39, 0.29) is 12.4 Å². The Morgan fingerprint density at radius 2 is 1.92 bits per heavy atom. The lowest BCUT2D eigenvalue weighted by molar-refractivity contribution is -0.132. The summed E-state index contributed by atoms with van der Waals surface area (Å²) in [6, 6.07) is 0. The highest BCUT2D eigenvalue weighted by Gasteiger charge is 2.21. The van der Waals surface area contributed by atoms with Gasteiger partial charge in [-0.25, -0.2) is 8.78 Å². The van der Waals surface area contributed by atoms with E-state index >= 15 is 0 Å². The molecule has 12 heavy (non-hydrogen) atoms. The molecule has 0 unspecified atom stereocenters. The Hall–Kier alpha value is -0.510. The molecule has 0 saturated carbocycles. The molecular weight excluding hydrogens is 166 g/mol. The van der Waals surface area contributed by atoms with Crippen molar-refractivity contribution in [2.75, 3.05) is 13.2 Å². The topological polar surface area (TPSA) is 26.3 Å². The SMILES string of the molecule is CC(C)(C)C(=O)COCC(F)F. The van der Waals surface area contributed by atoms with Crippen molar-refractivity contribution in [3.63, 3.8) is 0 Å². The molecule has 4 heteroatoms. The molecule has 0 aromatic rings. The van der Waals surface area contributed by atoms with E-state index in [4.69, 9.17) is 0 Å². The number of rotatable bonds is 4. The number of ketones is 1. The largest absolute Gasteiger partial charge is 0.368 e. The number of carbonyl (C=O) groups is 1. The highest BCUT2D eigenvalue weighted by molar-refractivity contribution is 5.84. The molecule has 0 aliphatic carbocycles. The van der Waals surface area contributed by atoms with Crippen LogP contribution in [0.1, 0.15) is 20.8 Å². The molecule has 0 radical (unpaired) electrons. The third-order valence-corrected chi connectivity index (χ3v) is 1.31. The number of ether oxygens (including phenoxy) is 1. The number of alkyl halides is 2. The molecule has 72 valence electrons. The first kappa shape index (κ1) is 11.5. The van der Waals surface area contributed by atoms with Gasteiger partial charge in [-0.2, -0.15) is 0 Å². The zero-order valence-corrected chi connectivity index (χ0v) is 7.56. The average Bonchev–Trinajstić information content (AvgIpc) is 1.84. The van der Waals surface area contributed by atoms with Crippen LogP contribution in [-0.2, 0) is 9.53 Å². The summed E-state index contributed by atoms with van der Waals surface area (Å²) in [6.45, 7) is 4.28. The summed E-state index contributed by atoms with van der Waals surface area (Å²) in [5, 5.41) is 0. The van der Waals surface area contributed by atoms with Crippen LogP contribution in [0.4, 0.5) is 8.78 Å². The molecule has 0 aliphatic heterocycles. The van der Waals surface area contributed by atoms with Gasteiger partial charge in [0.1, 0.15) is 13.2 Å². The van der Waals surface area contributed by atoms with Crippen LogP contribution in [0.5, 0.6) is 0 Å². The van der Waals surface area contributed by atoms with Crippen molar-refractivity contribution < 1.29 is 18.3 Å². The Kier molecular flexibility index (Phi) is 4.31. The van der Waals surface area contributed by atoms with Gasteiger partial charge in [0.25, 0.3) is 6.43 Å². The van der Waals surface area contributed by atoms with Gasteiger partial charge in [0.05, 0.1) is 0 Å². The van der Waals surface area contributed by atoms with Gasteiger partial charge in [0, 0.05) is 5.41 Å². The van der Waals surface area contributed by atoms with Gasteiger partial charge in [0.2, 0.25) is 0 Å². The van der Waals surface area contributed by atoms with Crippen molar-refractivity contribution >= 4 is 5.78 Å². The van der Waals surface area contributed by atoms with Gasteiger partial charge in [-0.3, -0.25) is 4.79 Å². The van der Waals surface area contributed by atoms with Crippen LogP contribution in [0.2, 0.25) is 0 Å². The van der Waals surface area contributed by atoms with Crippen molar-refractivity contribution in [1.29, 1.82) is 0 Å². The quantitative estimate of drug-likeness (QED) is 0.660. The minimum atomic E-state index is -2.50. The fraction of sp³-hybridized carbons (Fsp3) is 0.875. The van der Waals surface area contributed by atoms with Crippen molar-refractivity contribution in [2.24, 2.45) is 5.41 Å². The molecule has 0 aromatic carbocycles. The summed E-state index contributed by atoms with van der Waals surface area (Å²) in [5.74, 6) is -0.164. The first-order valence-electron chi connectivity index (χ1n) is 3.73. The molecule has 0 atom stereocenters. The second-order valence-corrected chi connectivity index (χ2v) is 3.58. The standard InChI is InChI=1S/C8H14F2O2/c1-8(2,3)6(11)4-12-5-7(9)10/h7H,4-5H2,1-3H3. The highest BCUT2D eigenvalue weighted by atomic mass is 19.3. The van der Waals surface area contributed by atoms with Gasteiger partial charge < -0.3 is 4.74 Å². The van der Waals surface area contributed by atoms with Gasteiger partial charge in [-0.15, -0.1) is 0 Å². The maximum Gasteiger partial charge on any atom is 0.261 e. The van der Waals surface area contributed by atoms with E-state index in [2.05, 4.69) is 4.74 Å². The molecule has 0 bridgehead atoms. The Morgan fingerprint density at radius 3 is 2.25 bits per heavy atom. The van der Waals surface area contributed by atoms with E-state index in [1.54, 1.807) is 20.8 Å². The van der Waals surface area contributed by atoms with Gasteiger partial charge >= 0.3 is 0 Å². The first-order chi connectivity index (χ1) is 5.34. The number of hydrogen-bond acceptors (Lipinski definition) is 2. The summed E-state index contributed by atoms with van der Waals surface area (Å²) in [4.78, 5) is 11.1. The van der Waals surface area contributed by atoms with Crippen LogP contribution in [0.3, 0.4) is 0 Å². The van der Waals surface area contributed by atoms with Gasteiger partial charge in [-0.1, -0.05) is 20.8 Å². The average molecular weight is 180 g/mol. The maximum atomic E-state index is 11.5. The molecule has 0 amide bonds. The summed E-state index contributed by atoms with van der Waals surface area (Å²) in [7, 11) is 0. The number of Topliss-reactive ketones (excluding diaryl/α,β-unsaturated/α-hetero) is 1. The number of carbonyl (C=O) groups excluding carboxylic acids is 1. The summed E-state index contributed by atoms with van der Waals surface area (Å²) in [5.41, 5.74) is -0.512. The normalized spacial score (nSPS) is 12.2. The van der Waals surface area contributed by atoms with Gasteiger partial charge in [0.15, 0.2) is 5.78 Å². The molecule has 0 aromatic heterocycles. The minimum Gasteiger partial charge on any atom is -0.368 e. The van der Waals surface area contributed by atoms with Crippen LogP contribution in [0, 0.1) is 5.41 Å². The third-order valence-electron chi connectivity index (χ3n) is 1.31. The van der Waals surface area contributed by atoms with E-state index in [0.29, 0.717) is 0 Å². The van der Waals surface area contributed by atoms with E-state index < -0.39 is 18.4 Å². The van der Waals surface area contributed by atoms with Crippen LogP contribution in [0.15, 0.2) is 0 Å². The molecular formula is C8H14F2O2. The fourth-order valence-electron chi connectivity index (χ4n) is 0.457. The molecule has 0 fully saturated rings. The maximum absolute atomic E-state index is 11.5. The monoisotopic (exact) mass is 180 g/mol. The zero-order chi connectivity index (χ0) is 9.78. The second kappa shape index (κ2) is 4.50. The summed E-state index contributed by atoms with van der Waals surface area (Å²) in [6.07, 6.45) is -2.50. The summed E-state index contributed by atoms with van der Waals surface area (Å²) < 4.78 is 27.6. The fourth-order valence-corrected chi connectivity index (χ4v) is 0.457. The van der Waals surface area contributed by atoms with Crippen molar-refractivity contribution in [2.45, 2.75) is 27.2 Å². The van der Waals surface area contributed by atoms with Crippen molar-refractivity contribution in [3.8, 4) is 0 Å². The second-order valence-electron chi connectivity index (χ2n) is 3.58. The minimum absolute atomic E-state index is 0.164. The Labute approximate surface area is 70.9 Å². The lowest BCUT2D eigenvalue weighted by atomic mass is 9.91. The molecule has 0 rings (SSSR count). The highest BCUT2D eigenvalue weighted by Crippen LogP contribution is 2.14. The smallest absolute Gasteiger partial charge is 0.261 e. The van der Waals surface area contributed by atoms with Crippen LogP contribution >= 0.6 is 0 Å². The number of halogens is 2. The predicted molar refractivity (Wildman–Crippen MR) is 41.3 cm³/mol. The molecule has 0 aliphatic rings. The van der Waals surface area contributed by atoms with E-state index in [9.17, 15) is 13.6 Å². The lowest BCUT2D eigenvalue weighted by Crippen LogP contribution is -2.25. The summed E-state index contributed by atoms with van der Waals surface area (Å²) >= 11 is 0. The lowest BCUT2D eigenvalue weighted by Gasteiger charge is -2.15. The molecule has 2 nitrogen and oxygen atoms in total. The molecule has 0 saturated heterocycles. The third kappa shape index (κ3) is 5.18. The molecule has 0 heterocycles. The van der Waals surface area contributed by atoms with E-state index in [1.807, 2.05) is 0 Å². The first-order valence-corrected chi connectivity index (χ1v) is 3.73. The zero-order valence-electron chi connectivity index (χ0n) is 7.56. The van der Waals surface area contributed by atoms with E-state index in [0.717, 1.165) is 0 Å². The van der Waals surface area contributed by atoms with Gasteiger partial charge in [-0.05, 0) is 0 Å². The van der Waals surface area contributed by atoms with Crippen LogP contribution in [0.25, 0.3) is 0 Å². The van der Waals surface area contributed by atoms with Crippen molar-refractivity contribution in [1.82, 2.24) is 0 Å². The Balaban J connectivity index is 3.59. The Morgan fingerprint density at radius 1 is 1.42 bits per heavy atom. The Bertz CT molecular complexity index is 150.